The molecule has 3 aromatic rings. The van der Waals surface area contributed by atoms with Gasteiger partial charge in [0.15, 0.2) is 0 Å². The molecule has 0 aliphatic rings. The molecule has 1 unspecified atom stereocenters. The van der Waals surface area contributed by atoms with Crippen LogP contribution >= 0.6 is 11.8 Å². The number of nitro groups is 1. The normalized spacial score (nSPS) is 11.5. The van der Waals surface area contributed by atoms with Crippen LogP contribution < -0.4 is 10.6 Å². The average Bonchev–Trinajstić information content (AvgIpc) is 2.79. The molecule has 2 N–H and O–H groups in total. The molecular formula is C25H25N3O4S. The first kappa shape index (κ1) is 24.0. The van der Waals surface area contributed by atoms with Crippen molar-refractivity contribution in [2.24, 2.45) is 0 Å². The Hall–Kier alpha value is -3.65. The van der Waals surface area contributed by atoms with Crippen molar-refractivity contribution >= 4 is 40.6 Å². The van der Waals surface area contributed by atoms with Crippen LogP contribution in [0.25, 0.3) is 0 Å². The number of carbonyl (C=O) groups is 2. The Morgan fingerprint density at radius 2 is 1.73 bits per heavy atom. The predicted octanol–water partition coefficient (Wildman–Crippen LogP) is 5.97. The number of carbonyl (C=O) groups excluding carboxylic acids is 2. The fourth-order valence-electron chi connectivity index (χ4n) is 3.11. The second-order valence-corrected chi connectivity index (χ2v) is 8.88. The summed E-state index contributed by atoms with van der Waals surface area (Å²) in [5.41, 5.74) is 3.37. The molecule has 7 nitrogen and oxygen atoms in total. The van der Waals surface area contributed by atoms with Gasteiger partial charge in [0, 0.05) is 28.3 Å². The van der Waals surface area contributed by atoms with E-state index in [1.54, 1.807) is 31.2 Å². The van der Waals surface area contributed by atoms with Crippen molar-refractivity contribution in [1.29, 1.82) is 0 Å². The highest BCUT2D eigenvalue weighted by Gasteiger charge is 2.20. The van der Waals surface area contributed by atoms with E-state index in [0.29, 0.717) is 23.4 Å². The van der Waals surface area contributed by atoms with Crippen molar-refractivity contribution in [1.82, 2.24) is 0 Å². The lowest BCUT2D eigenvalue weighted by molar-refractivity contribution is -0.384. The number of non-ortho nitro benzene ring substituents is 1. The van der Waals surface area contributed by atoms with Gasteiger partial charge in [-0.05, 0) is 56.2 Å². The maximum atomic E-state index is 12.9. The van der Waals surface area contributed by atoms with Gasteiger partial charge in [0.05, 0.1) is 15.9 Å². The number of aryl methyl sites for hydroxylation is 2. The molecule has 0 aliphatic heterocycles. The highest BCUT2D eigenvalue weighted by Crippen LogP contribution is 2.30. The fraction of sp³-hybridized carbons (Fsp3) is 0.200. The Kier molecular flexibility index (Phi) is 7.84. The number of benzene rings is 3. The fourth-order valence-corrected chi connectivity index (χ4v) is 4.13. The molecule has 0 fully saturated rings. The number of rotatable bonds is 8. The van der Waals surface area contributed by atoms with Gasteiger partial charge in [0.25, 0.3) is 11.6 Å². The topological polar surface area (TPSA) is 101 Å². The van der Waals surface area contributed by atoms with E-state index in [9.17, 15) is 19.7 Å². The molecule has 33 heavy (non-hydrogen) atoms. The Morgan fingerprint density at radius 3 is 2.39 bits per heavy atom. The maximum absolute atomic E-state index is 12.9. The molecule has 0 saturated heterocycles. The van der Waals surface area contributed by atoms with Crippen LogP contribution in [0.1, 0.15) is 34.8 Å². The van der Waals surface area contributed by atoms with Gasteiger partial charge in [-0.3, -0.25) is 19.7 Å². The molecule has 0 aromatic heterocycles. The van der Waals surface area contributed by atoms with Gasteiger partial charge in [-0.2, -0.15) is 0 Å². The van der Waals surface area contributed by atoms with E-state index in [1.807, 2.05) is 44.2 Å². The molecule has 0 spiro atoms. The van der Waals surface area contributed by atoms with Gasteiger partial charge in [-0.1, -0.05) is 36.8 Å². The van der Waals surface area contributed by atoms with Gasteiger partial charge >= 0.3 is 0 Å². The van der Waals surface area contributed by atoms with E-state index in [4.69, 9.17) is 0 Å². The molecular weight excluding hydrogens is 438 g/mol. The molecule has 0 saturated carbocycles. The standard InChI is InChI=1S/C25H25N3O4S/c1-4-23(25(30)27-22-15-20(28(31)32)13-10-17(22)3)33-21-7-5-6-19(14-21)26-24(29)18-11-8-16(2)9-12-18/h5-15,23H,4H2,1-3H3,(H,26,29)(H,27,30). The lowest BCUT2D eigenvalue weighted by atomic mass is 10.1. The Labute approximate surface area is 196 Å². The van der Waals surface area contributed by atoms with E-state index < -0.39 is 10.2 Å². The minimum absolute atomic E-state index is 0.0754. The molecule has 0 heterocycles. The predicted molar refractivity (Wildman–Crippen MR) is 132 cm³/mol. The van der Waals surface area contributed by atoms with Crippen molar-refractivity contribution in [2.75, 3.05) is 10.6 Å². The first-order valence-electron chi connectivity index (χ1n) is 10.5. The van der Waals surface area contributed by atoms with Crippen LogP contribution in [-0.2, 0) is 4.79 Å². The SMILES string of the molecule is CCC(Sc1cccc(NC(=O)c2ccc(C)cc2)c1)C(=O)Nc1cc([N+](=O)[O-])ccc1C. The van der Waals surface area contributed by atoms with E-state index in [1.165, 1.54) is 23.9 Å². The third-order valence-electron chi connectivity index (χ3n) is 5.04. The smallest absolute Gasteiger partial charge is 0.271 e. The second-order valence-electron chi connectivity index (χ2n) is 7.61. The van der Waals surface area contributed by atoms with E-state index in [0.717, 1.165) is 16.0 Å². The highest BCUT2D eigenvalue weighted by atomic mass is 32.2. The molecule has 3 aromatic carbocycles. The van der Waals surface area contributed by atoms with Crippen LogP contribution in [0.4, 0.5) is 17.1 Å². The summed E-state index contributed by atoms with van der Waals surface area (Å²) in [6, 6.07) is 19.0. The zero-order chi connectivity index (χ0) is 24.0. The van der Waals surface area contributed by atoms with Gasteiger partial charge in [0.2, 0.25) is 5.91 Å². The van der Waals surface area contributed by atoms with Gasteiger partial charge < -0.3 is 10.6 Å². The molecule has 2 amide bonds. The zero-order valence-electron chi connectivity index (χ0n) is 18.6. The van der Waals surface area contributed by atoms with E-state index >= 15 is 0 Å². The number of anilines is 2. The lowest BCUT2D eigenvalue weighted by Gasteiger charge is -2.16. The van der Waals surface area contributed by atoms with E-state index in [-0.39, 0.29) is 17.5 Å². The van der Waals surface area contributed by atoms with Crippen LogP contribution in [0.2, 0.25) is 0 Å². The molecule has 1 atom stereocenters. The average molecular weight is 464 g/mol. The number of amides is 2. The third kappa shape index (κ3) is 6.43. The number of nitrogens with zero attached hydrogens (tertiary/aromatic N) is 1. The summed E-state index contributed by atoms with van der Waals surface area (Å²) in [6.07, 6.45) is 0.560. The quantitative estimate of drug-likeness (QED) is 0.243. The maximum Gasteiger partial charge on any atom is 0.271 e. The summed E-state index contributed by atoms with van der Waals surface area (Å²) >= 11 is 1.37. The van der Waals surface area contributed by atoms with Crippen LogP contribution in [0.5, 0.6) is 0 Å². The Morgan fingerprint density at radius 1 is 1.00 bits per heavy atom. The molecule has 170 valence electrons. The summed E-state index contributed by atoms with van der Waals surface area (Å²) in [7, 11) is 0. The van der Waals surface area contributed by atoms with Crippen LogP contribution in [0.3, 0.4) is 0 Å². The molecule has 0 bridgehead atoms. The van der Waals surface area contributed by atoms with Crippen LogP contribution in [0.15, 0.2) is 71.6 Å². The molecule has 8 heteroatoms. The summed E-state index contributed by atoms with van der Waals surface area (Å²) in [5, 5.41) is 16.3. The highest BCUT2D eigenvalue weighted by molar-refractivity contribution is 8.00. The molecule has 3 rings (SSSR count). The van der Waals surface area contributed by atoms with Crippen LogP contribution in [-0.4, -0.2) is 22.0 Å². The molecule has 0 aliphatic carbocycles. The monoisotopic (exact) mass is 463 g/mol. The van der Waals surface area contributed by atoms with Crippen molar-refractivity contribution in [3.05, 3.63) is 93.5 Å². The number of nitro benzene ring substituents is 1. The van der Waals surface area contributed by atoms with Crippen molar-refractivity contribution in [3.8, 4) is 0 Å². The number of hydrogen-bond donors (Lipinski definition) is 2. The van der Waals surface area contributed by atoms with Crippen molar-refractivity contribution in [3.63, 3.8) is 0 Å². The molecule has 0 radical (unpaired) electrons. The first-order chi connectivity index (χ1) is 15.8. The number of nitrogens with one attached hydrogen (secondary N) is 2. The van der Waals surface area contributed by atoms with Gasteiger partial charge in [0.1, 0.15) is 0 Å². The summed E-state index contributed by atoms with van der Waals surface area (Å²) in [6.45, 7) is 5.65. The van der Waals surface area contributed by atoms with Crippen molar-refractivity contribution in [2.45, 2.75) is 37.3 Å². The van der Waals surface area contributed by atoms with Gasteiger partial charge in [-0.15, -0.1) is 11.8 Å². The third-order valence-corrected chi connectivity index (χ3v) is 6.40. The number of thioether (sulfide) groups is 1. The Balaban J connectivity index is 1.69. The zero-order valence-corrected chi connectivity index (χ0v) is 19.4. The second kappa shape index (κ2) is 10.8. The van der Waals surface area contributed by atoms with Gasteiger partial charge in [-0.25, -0.2) is 0 Å². The first-order valence-corrected chi connectivity index (χ1v) is 11.4. The summed E-state index contributed by atoms with van der Waals surface area (Å²) in [4.78, 5) is 36.8. The lowest BCUT2D eigenvalue weighted by Crippen LogP contribution is -2.25. The summed E-state index contributed by atoms with van der Waals surface area (Å²) < 4.78 is 0. The minimum Gasteiger partial charge on any atom is -0.325 e. The summed E-state index contributed by atoms with van der Waals surface area (Å²) in [5.74, 6) is -0.441. The van der Waals surface area contributed by atoms with Crippen LogP contribution in [0, 0.1) is 24.0 Å². The number of hydrogen-bond acceptors (Lipinski definition) is 5. The van der Waals surface area contributed by atoms with E-state index in [2.05, 4.69) is 10.6 Å². The Bertz CT molecular complexity index is 1180. The van der Waals surface area contributed by atoms with Crippen molar-refractivity contribution < 1.29 is 14.5 Å². The minimum atomic E-state index is -0.489. The largest absolute Gasteiger partial charge is 0.325 e.